The normalized spacial score (nSPS) is 40.0. The first-order valence-electron chi connectivity index (χ1n) is 8.46. The Morgan fingerprint density at radius 3 is 2.86 bits per heavy atom. The van der Waals surface area contributed by atoms with Crippen LogP contribution in [0.4, 0.5) is 0 Å². The van der Waals surface area contributed by atoms with Crippen LogP contribution < -0.4 is 0 Å². The van der Waals surface area contributed by atoms with Crippen LogP contribution in [-0.2, 0) is 0 Å². The molecule has 21 heavy (non-hydrogen) atoms. The first-order valence-corrected chi connectivity index (χ1v) is 10.3. The van der Waals surface area contributed by atoms with Gasteiger partial charge in [-0.1, -0.05) is 30.2 Å². The second-order valence-corrected chi connectivity index (χ2v) is 10.0. The Hall–Kier alpha value is 0.110. The predicted molar refractivity (Wildman–Crippen MR) is 98.2 cm³/mol. The summed E-state index contributed by atoms with van der Waals surface area (Å²) in [6, 6.07) is 0. The summed E-state index contributed by atoms with van der Waals surface area (Å²) in [4.78, 5) is 4.71. The molecule has 118 valence electrons. The number of hydrogen-bond donors (Lipinski definition) is 1. The van der Waals surface area contributed by atoms with Gasteiger partial charge in [-0.05, 0) is 75.5 Å². The standard InChI is InChI=1S/C18H29NS2/c1-16(2,21-20)17(3)8-5-4-6-15-13-18(10-9-17)12-14(18)7-11-19-15/h7,11,14,20H,4-6,8-10,12-13H2,1-3H3. The van der Waals surface area contributed by atoms with Gasteiger partial charge in [-0.15, -0.1) is 11.7 Å². The quantitative estimate of drug-likeness (QED) is 0.480. The van der Waals surface area contributed by atoms with E-state index in [0.29, 0.717) is 10.8 Å². The molecule has 2 aliphatic carbocycles. The van der Waals surface area contributed by atoms with Crippen molar-refractivity contribution in [2.75, 3.05) is 0 Å². The number of thiol groups is 1. The van der Waals surface area contributed by atoms with Gasteiger partial charge in [0.05, 0.1) is 0 Å². The molecule has 0 aromatic carbocycles. The molecule has 3 heteroatoms. The minimum atomic E-state index is 0.244. The minimum Gasteiger partial charge on any atom is -0.266 e. The molecule has 3 aliphatic rings. The lowest BCUT2D eigenvalue weighted by Gasteiger charge is -2.44. The zero-order chi connectivity index (χ0) is 15.1. The summed E-state index contributed by atoms with van der Waals surface area (Å²) in [6.45, 7) is 7.28. The Morgan fingerprint density at radius 1 is 1.29 bits per heavy atom. The van der Waals surface area contributed by atoms with Crippen LogP contribution in [0.15, 0.2) is 17.3 Å². The van der Waals surface area contributed by atoms with Gasteiger partial charge in [-0.2, -0.15) is 0 Å². The van der Waals surface area contributed by atoms with Gasteiger partial charge in [0.1, 0.15) is 0 Å². The lowest BCUT2D eigenvalue weighted by Crippen LogP contribution is -2.39. The van der Waals surface area contributed by atoms with Crippen LogP contribution in [0.25, 0.3) is 0 Å². The Morgan fingerprint density at radius 2 is 2.10 bits per heavy atom. The van der Waals surface area contributed by atoms with E-state index in [1.165, 1.54) is 57.1 Å². The molecule has 2 fully saturated rings. The van der Waals surface area contributed by atoms with Crippen LogP contribution in [0.5, 0.6) is 0 Å². The first kappa shape index (κ1) is 16.0. The SMILES string of the molecule is CC1(C(C)(C)SS)CCCCC2=NC=CC3CC3(CC1)C2. The van der Waals surface area contributed by atoms with Crippen LogP contribution in [-0.4, -0.2) is 10.5 Å². The Labute approximate surface area is 139 Å². The van der Waals surface area contributed by atoms with Gasteiger partial charge in [0.15, 0.2) is 0 Å². The lowest BCUT2D eigenvalue weighted by molar-refractivity contribution is 0.178. The second kappa shape index (κ2) is 5.63. The van der Waals surface area contributed by atoms with Crippen molar-refractivity contribution in [3.05, 3.63) is 12.3 Å². The molecular formula is C18H29NS2. The Kier molecular flexibility index (Phi) is 4.29. The molecule has 2 saturated carbocycles. The molecule has 3 rings (SSSR count). The van der Waals surface area contributed by atoms with Crippen molar-refractivity contribution in [1.82, 2.24) is 0 Å². The average molecular weight is 324 g/mol. The maximum atomic E-state index is 4.71. The third kappa shape index (κ3) is 2.97. The van der Waals surface area contributed by atoms with Crippen molar-refractivity contribution in [1.29, 1.82) is 0 Å². The zero-order valence-corrected chi connectivity index (χ0v) is 15.4. The first-order chi connectivity index (χ1) is 9.91. The fourth-order valence-electron chi connectivity index (χ4n) is 4.29. The van der Waals surface area contributed by atoms with Gasteiger partial charge in [0, 0.05) is 16.7 Å². The largest absolute Gasteiger partial charge is 0.266 e. The number of hydrogen-bond acceptors (Lipinski definition) is 3. The summed E-state index contributed by atoms with van der Waals surface area (Å²) >= 11 is 4.58. The molecule has 1 heterocycles. The van der Waals surface area contributed by atoms with E-state index in [-0.39, 0.29) is 4.75 Å². The third-order valence-corrected chi connectivity index (χ3v) is 9.00. The molecule has 2 bridgehead atoms. The second-order valence-electron chi connectivity index (χ2n) is 8.26. The minimum absolute atomic E-state index is 0.244. The highest BCUT2D eigenvalue weighted by molar-refractivity contribution is 8.69. The molecule has 1 spiro atoms. The number of nitrogens with zero attached hydrogens (tertiary/aromatic N) is 1. The highest BCUT2D eigenvalue weighted by Gasteiger charge is 2.54. The van der Waals surface area contributed by atoms with Crippen LogP contribution >= 0.6 is 22.5 Å². The molecule has 0 saturated heterocycles. The number of rotatable bonds is 2. The van der Waals surface area contributed by atoms with Crippen molar-refractivity contribution in [2.24, 2.45) is 21.7 Å². The summed E-state index contributed by atoms with van der Waals surface area (Å²) in [5.74, 6) is 0.800. The van der Waals surface area contributed by atoms with Crippen molar-refractivity contribution in [2.45, 2.75) is 76.9 Å². The highest BCUT2D eigenvalue weighted by atomic mass is 33.1. The van der Waals surface area contributed by atoms with Gasteiger partial charge in [-0.25, -0.2) is 0 Å². The van der Waals surface area contributed by atoms with Gasteiger partial charge >= 0.3 is 0 Å². The van der Waals surface area contributed by atoms with Gasteiger partial charge < -0.3 is 0 Å². The molecule has 0 amide bonds. The van der Waals surface area contributed by atoms with Crippen LogP contribution in [0.3, 0.4) is 0 Å². The number of aliphatic imine (C=N–C) groups is 1. The molecule has 0 aromatic rings. The van der Waals surface area contributed by atoms with E-state index in [9.17, 15) is 0 Å². The van der Waals surface area contributed by atoms with Gasteiger partial charge in [0.25, 0.3) is 0 Å². The number of allylic oxidation sites excluding steroid dienone is 1. The Bertz CT molecular complexity index is 468. The molecule has 0 N–H and O–H groups in total. The monoisotopic (exact) mass is 323 g/mol. The average Bonchev–Trinajstić information content (AvgIpc) is 3.14. The highest BCUT2D eigenvalue weighted by Crippen LogP contribution is 2.63. The summed E-state index contributed by atoms with van der Waals surface area (Å²) in [7, 11) is 1.76. The van der Waals surface area contributed by atoms with Gasteiger partial charge in [0.2, 0.25) is 0 Å². The van der Waals surface area contributed by atoms with E-state index in [1.807, 2.05) is 0 Å². The molecular weight excluding hydrogens is 294 g/mol. The van der Waals surface area contributed by atoms with Crippen molar-refractivity contribution in [3.63, 3.8) is 0 Å². The molecule has 1 nitrogen and oxygen atoms in total. The van der Waals surface area contributed by atoms with E-state index >= 15 is 0 Å². The van der Waals surface area contributed by atoms with Crippen molar-refractivity contribution in [3.8, 4) is 0 Å². The fraction of sp³-hybridized carbons (Fsp3) is 0.833. The lowest BCUT2D eigenvalue weighted by atomic mass is 9.68. The molecule has 0 aromatic heterocycles. The van der Waals surface area contributed by atoms with E-state index in [1.54, 1.807) is 10.8 Å². The molecule has 0 radical (unpaired) electrons. The Balaban J connectivity index is 1.82. The third-order valence-electron chi connectivity index (χ3n) is 6.68. The van der Waals surface area contributed by atoms with Crippen molar-refractivity contribution >= 4 is 28.2 Å². The summed E-state index contributed by atoms with van der Waals surface area (Å²) < 4.78 is 0.244. The smallest absolute Gasteiger partial charge is 0.0258 e. The van der Waals surface area contributed by atoms with E-state index in [4.69, 9.17) is 4.99 Å². The summed E-state index contributed by atoms with van der Waals surface area (Å²) in [5.41, 5.74) is 2.42. The summed E-state index contributed by atoms with van der Waals surface area (Å²) in [6.07, 6.45) is 15.0. The zero-order valence-electron chi connectivity index (χ0n) is 13.7. The summed E-state index contributed by atoms with van der Waals surface area (Å²) in [5, 5.41) is 0. The van der Waals surface area contributed by atoms with E-state index in [2.05, 4.69) is 44.7 Å². The maximum Gasteiger partial charge on any atom is 0.0258 e. The topological polar surface area (TPSA) is 12.4 Å². The maximum absolute atomic E-state index is 4.71. The predicted octanol–water partition coefficient (Wildman–Crippen LogP) is 6.07. The van der Waals surface area contributed by atoms with Crippen LogP contribution in [0.1, 0.15) is 72.1 Å². The van der Waals surface area contributed by atoms with Crippen LogP contribution in [0.2, 0.25) is 0 Å². The fourth-order valence-corrected chi connectivity index (χ4v) is 5.38. The molecule has 3 unspecified atom stereocenters. The van der Waals surface area contributed by atoms with Crippen LogP contribution in [0, 0.1) is 16.7 Å². The molecule has 3 atom stereocenters. The van der Waals surface area contributed by atoms with Gasteiger partial charge in [-0.3, -0.25) is 4.99 Å². The number of fused-ring (bicyclic) bond motifs is 1. The molecule has 1 aliphatic heterocycles. The van der Waals surface area contributed by atoms with E-state index in [0.717, 1.165) is 5.92 Å². The van der Waals surface area contributed by atoms with Crippen molar-refractivity contribution < 1.29 is 0 Å². The van der Waals surface area contributed by atoms with E-state index < -0.39 is 0 Å².